The molecule has 2 heteroatoms. The van der Waals surface area contributed by atoms with Crippen LogP contribution in [0.5, 0.6) is 0 Å². The van der Waals surface area contributed by atoms with Crippen molar-refractivity contribution in [1.82, 2.24) is 5.32 Å². The summed E-state index contributed by atoms with van der Waals surface area (Å²) in [6, 6.07) is 0.505. The standard InChI is InChI=1S/C9H19NO/c1-6(2)9-5-10-7(3)8(4)11-9/h6-10H,5H2,1-4H3. The highest BCUT2D eigenvalue weighted by Crippen LogP contribution is 2.14. The third-order valence-electron chi connectivity index (χ3n) is 2.48. The van der Waals surface area contributed by atoms with Gasteiger partial charge >= 0.3 is 0 Å². The minimum atomic E-state index is 0.358. The van der Waals surface area contributed by atoms with Crippen LogP contribution in [-0.2, 0) is 4.74 Å². The minimum Gasteiger partial charge on any atom is -0.372 e. The van der Waals surface area contributed by atoms with Gasteiger partial charge in [0.1, 0.15) is 0 Å². The van der Waals surface area contributed by atoms with E-state index in [1.165, 1.54) is 0 Å². The molecule has 0 bridgehead atoms. The molecule has 0 aromatic heterocycles. The van der Waals surface area contributed by atoms with Gasteiger partial charge in [0.05, 0.1) is 12.2 Å². The number of morpholine rings is 1. The van der Waals surface area contributed by atoms with E-state index in [-0.39, 0.29) is 0 Å². The Hall–Kier alpha value is -0.0800. The first kappa shape index (κ1) is 9.01. The van der Waals surface area contributed by atoms with E-state index in [2.05, 4.69) is 33.0 Å². The van der Waals surface area contributed by atoms with Crippen molar-refractivity contribution in [1.29, 1.82) is 0 Å². The molecule has 0 amide bonds. The monoisotopic (exact) mass is 157 g/mol. The molecular formula is C9H19NO. The third-order valence-corrected chi connectivity index (χ3v) is 2.48. The molecule has 0 aromatic carbocycles. The van der Waals surface area contributed by atoms with Gasteiger partial charge in [-0.1, -0.05) is 13.8 Å². The van der Waals surface area contributed by atoms with E-state index < -0.39 is 0 Å². The molecule has 1 aliphatic heterocycles. The predicted octanol–water partition coefficient (Wildman–Crippen LogP) is 1.41. The van der Waals surface area contributed by atoms with Crippen LogP contribution in [0.2, 0.25) is 0 Å². The zero-order valence-corrected chi connectivity index (χ0v) is 7.92. The maximum Gasteiger partial charge on any atom is 0.0726 e. The molecule has 3 atom stereocenters. The molecule has 0 aromatic rings. The van der Waals surface area contributed by atoms with Gasteiger partial charge in [0.2, 0.25) is 0 Å². The Balaban J connectivity index is 2.40. The van der Waals surface area contributed by atoms with E-state index in [1.807, 2.05) is 0 Å². The van der Waals surface area contributed by atoms with Crippen molar-refractivity contribution >= 4 is 0 Å². The van der Waals surface area contributed by atoms with Crippen molar-refractivity contribution in [2.24, 2.45) is 5.92 Å². The molecule has 0 spiro atoms. The normalized spacial score (nSPS) is 39.5. The molecule has 0 radical (unpaired) electrons. The quantitative estimate of drug-likeness (QED) is 0.621. The van der Waals surface area contributed by atoms with Gasteiger partial charge in [0.25, 0.3) is 0 Å². The van der Waals surface area contributed by atoms with E-state index >= 15 is 0 Å². The summed E-state index contributed by atoms with van der Waals surface area (Å²) in [7, 11) is 0. The molecule has 2 nitrogen and oxygen atoms in total. The van der Waals surface area contributed by atoms with E-state index in [9.17, 15) is 0 Å². The summed E-state index contributed by atoms with van der Waals surface area (Å²) in [5.41, 5.74) is 0. The maximum absolute atomic E-state index is 5.80. The van der Waals surface area contributed by atoms with Crippen molar-refractivity contribution in [2.75, 3.05) is 6.54 Å². The lowest BCUT2D eigenvalue weighted by Gasteiger charge is -2.35. The largest absolute Gasteiger partial charge is 0.372 e. The number of ether oxygens (including phenoxy) is 1. The summed E-state index contributed by atoms with van der Waals surface area (Å²) in [5.74, 6) is 0.623. The molecular weight excluding hydrogens is 138 g/mol. The van der Waals surface area contributed by atoms with Crippen LogP contribution in [-0.4, -0.2) is 24.8 Å². The molecule has 66 valence electrons. The second-order valence-corrected chi connectivity index (χ2v) is 3.82. The van der Waals surface area contributed by atoms with Gasteiger partial charge in [-0.2, -0.15) is 0 Å². The van der Waals surface area contributed by atoms with Crippen LogP contribution in [0.25, 0.3) is 0 Å². The smallest absolute Gasteiger partial charge is 0.0726 e. The van der Waals surface area contributed by atoms with Crippen LogP contribution in [0.3, 0.4) is 0 Å². The van der Waals surface area contributed by atoms with E-state index in [1.54, 1.807) is 0 Å². The summed E-state index contributed by atoms with van der Waals surface area (Å²) in [4.78, 5) is 0. The van der Waals surface area contributed by atoms with Crippen LogP contribution >= 0.6 is 0 Å². The highest BCUT2D eigenvalue weighted by Gasteiger charge is 2.25. The third kappa shape index (κ3) is 2.17. The predicted molar refractivity (Wildman–Crippen MR) is 46.6 cm³/mol. The lowest BCUT2D eigenvalue weighted by Crippen LogP contribution is -2.51. The molecule has 0 aliphatic carbocycles. The van der Waals surface area contributed by atoms with Crippen LogP contribution in [0, 0.1) is 5.92 Å². The van der Waals surface area contributed by atoms with Crippen molar-refractivity contribution in [2.45, 2.75) is 45.9 Å². The molecule has 1 saturated heterocycles. The second kappa shape index (κ2) is 3.55. The zero-order chi connectivity index (χ0) is 8.43. The van der Waals surface area contributed by atoms with Gasteiger partial charge in [0, 0.05) is 12.6 Å². The fourth-order valence-corrected chi connectivity index (χ4v) is 1.30. The molecule has 1 aliphatic rings. The number of hydrogen-bond donors (Lipinski definition) is 1. The summed E-state index contributed by atoms with van der Waals surface area (Å²) in [5, 5.41) is 3.44. The molecule has 1 rings (SSSR count). The lowest BCUT2D eigenvalue weighted by molar-refractivity contribution is -0.0692. The summed E-state index contributed by atoms with van der Waals surface area (Å²) in [6.07, 6.45) is 0.761. The Morgan fingerprint density at radius 2 is 2.00 bits per heavy atom. The molecule has 0 saturated carbocycles. The Labute approximate surface area is 69.3 Å². The Morgan fingerprint density at radius 1 is 1.36 bits per heavy atom. The SMILES string of the molecule is CC(C)C1CNC(C)C(C)O1. The molecule has 1 N–H and O–H groups in total. The van der Waals surface area contributed by atoms with Gasteiger partial charge in [-0.3, -0.25) is 0 Å². The van der Waals surface area contributed by atoms with E-state index in [0.29, 0.717) is 24.2 Å². The average molecular weight is 157 g/mol. The second-order valence-electron chi connectivity index (χ2n) is 3.82. The summed E-state index contributed by atoms with van der Waals surface area (Å²) in [6.45, 7) is 9.71. The fourth-order valence-electron chi connectivity index (χ4n) is 1.30. The van der Waals surface area contributed by atoms with Crippen molar-refractivity contribution in [3.8, 4) is 0 Å². The Morgan fingerprint density at radius 3 is 2.45 bits per heavy atom. The Bertz CT molecular complexity index is 125. The Kier molecular flexibility index (Phi) is 2.90. The van der Waals surface area contributed by atoms with E-state index in [4.69, 9.17) is 4.74 Å². The van der Waals surface area contributed by atoms with Gasteiger partial charge in [-0.05, 0) is 19.8 Å². The first-order valence-corrected chi connectivity index (χ1v) is 4.50. The topological polar surface area (TPSA) is 21.3 Å². The first-order valence-electron chi connectivity index (χ1n) is 4.50. The van der Waals surface area contributed by atoms with Crippen LogP contribution in [0.15, 0.2) is 0 Å². The van der Waals surface area contributed by atoms with Crippen LogP contribution in [0.1, 0.15) is 27.7 Å². The maximum atomic E-state index is 5.80. The molecule has 1 heterocycles. The van der Waals surface area contributed by atoms with Gasteiger partial charge < -0.3 is 10.1 Å². The van der Waals surface area contributed by atoms with Crippen molar-refractivity contribution in [3.05, 3.63) is 0 Å². The number of nitrogens with one attached hydrogen (secondary N) is 1. The molecule has 11 heavy (non-hydrogen) atoms. The van der Waals surface area contributed by atoms with Gasteiger partial charge in [-0.15, -0.1) is 0 Å². The van der Waals surface area contributed by atoms with E-state index in [0.717, 1.165) is 6.54 Å². The number of rotatable bonds is 1. The summed E-state index contributed by atoms with van der Waals surface area (Å²) >= 11 is 0. The lowest BCUT2D eigenvalue weighted by atomic mass is 10.0. The van der Waals surface area contributed by atoms with Gasteiger partial charge in [-0.25, -0.2) is 0 Å². The highest BCUT2D eigenvalue weighted by atomic mass is 16.5. The van der Waals surface area contributed by atoms with Crippen molar-refractivity contribution in [3.63, 3.8) is 0 Å². The number of hydrogen-bond acceptors (Lipinski definition) is 2. The molecule has 1 fully saturated rings. The van der Waals surface area contributed by atoms with Crippen LogP contribution < -0.4 is 5.32 Å². The van der Waals surface area contributed by atoms with Crippen molar-refractivity contribution < 1.29 is 4.74 Å². The highest BCUT2D eigenvalue weighted by molar-refractivity contribution is 4.80. The first-order chi connectivity index (χ1) is 5.11. The zero-order valence-electron chi connectivity index (χ0n) is 7.92. The summed E-state index contributed by atoms with van der Waals surface area (Å²) < 4.78 is 5.80. The average Bonchev–Trinajstić information content (AvgIpc) is 1.94. The molecule has 3 unspecified atom stereocenters. The van der Waals surface area contributed by atoms with Crippen LogP contribution in [0.4, 0.5) is 0 Å². The fraction of sp³-hybridized carbons (Fsp3) is 1.00. The van der Waals surface area contributed by atoms with Gasteiger partial charge in [0.15, 0.2) is 0 Å². The minimum absolute atomic E-state index is 0.358.